The van der Waals surface area contributed by atoms with Crippen LogP contribution in [-0.4, -0.2) is 50.7 Å². The van der Waals surface area contributed by atoms with Crippen molar-refractivity contribution in [2.45, 2.75) is 39.3 Å². The molecule has 1 aliphatic heterocycles. The van der Waals surface area contributed by atoms with Crippen LogP contribution in [0.3, 0.4) is 0 Å². The number of ether oxygens (including phenoxy) is 1. The van der Waals surface area contributed by atoms with Crippen molar-refractivity contribution in [3.63, 3.8) is 0 Å². The zero-order chi connectivity index (χ0) is 18.2. The second kappa shape index (κ2) is 9.88. The van der Waals surface area contributed by atoms with Crippen molar-refractivity contribution in [1.82, 2.24) is 15.5 Å². The minimum atomic E-state index is 0.474. The fraction of sp³-hybridized carbons (Fsp3) is 0.632. The molecule has 25 heavy (non-hydrogen) atoms. The molecule has 1 saturated heterocycles. The maximum atomic E-state index is 6.02. The number of likely N-dealkylation sites (tertiary alicyclic amines) is 1. The molecule has 0 unspecified atom stereocenters. The van der Waals surface area contributed by atoms with E-state index in [1.165, 1.54) is 6.54 Å². The Bertz CT molecular complexity index is 569. The maximum absolute atomic E-state index is 6.02. The molecule has 0 bridgehead atoms. The quantitative estimate of drug-likeness (QED) is 0.600. The molecule has 0 atom stereocenters. The SMILES string of the molecule is CN=C(NCc1ccc(Cl)cc1OC)NC1CCN(CC(C)C)CC1. The lowest BCUT2D eigenvalue weighted by atomic mass is 10.0. The largest absolute Gasteiger partial charge is 0.496 e. The summed E-state index contributed by atoms with van der Waals surface area (Å²) >= 11 is 6.02. The zero-order valence-corrected chi connectivity index (χ0v) is 16.6. The third-order valence-corrected chi connectivity index (χ3v) is 4.71. The van der Waals surface area contributed by atoms with E-state index in [-0.39, 0.29) is 0 Å². The summed E-state index contributed by atoms with van der Waals surface area (Å²) in [5.74, 6) is 2.35. The molecule has 2 rings (SSSR count). The van der Waals surface area contributed by atoms with Crippen LogP contribution in [0, 0.1) is 5.92 Å². The lowest BCUT2D eigenvalue weighted by Crippen LogP contribution is -2.49. The molecule has 1 aromatic carbocycles. The van der Waals surface area contributed by atoms with Gasteiger partial charge in [0.25, 0.3) is 0 Å². The number of hydrogen-bond acceptors (Lipinski definition) is 3. The molecule has 140 valence electrons. The minimum Gasteiger partial charge on any atom is -0.496 e. The van der Waals surface area contributed by atoms with Crippen LogP contribution in [-0.2, 0) is 6.54 Å². The lowest BCUT2D eigenvalue weighted by Gasteiger charge is -2.34. The predicted molar refractivity (Wildman–Crippen MR) is 106 cm³/mol. The summed E-state index contributed by atoms with van der Waals surface area (Å²) in [6.07, 6.45) is 2.30. The molecule has 0 amide bonds. The Morgan fingerprint density at radius 2 is 2.08 bits per heavy atom. The number of hydrogen-bond donors (Lipinski definition) is 2. The molecule has 0 spiro atoms. The minimum absolute atomic E-state index is 0.474. The third-order valence-electron chi connectivity index (χ3n) is 4.47. The van der Waals surface area contributed by atoms with E-state index < -0.39 is 0 Å². The average Bonchev–Trinajstić information content (AvgIpc) is 2.60. The summed E-state index contributed by atoms with van der Waals surface area (Å²) in [7, 11) is 3.47. The van der Waals surface area contributed by atoms with Gasteiger partial charge in [-0.15, -0.1) is 0 Å². The third kappa shape index (κ3) is 6.40. The van der Waals surface area contributed by atoms with Gasteiger partial charge < -0.3 is 20.3 Å². The fourth-order valence-electron chi connectivity index (χ4n) is 3.21. The first-order chi connectivity index (χ1) is 12.0. The van der Waals surface area contributed by atoms with Crippen LogP contribution < -0.4 is 15.4 Å². The lowest BCUT2D eigenvalue weighted by molar-refractivity contribution is 0.187. The van der Waals surface area contributed by atoms with Crippen molar-refractivity contribution >= 4 is 17.6 Å². The summed E-state index contributed by atoms with van der Waals surface area (Å²) in [4.78, 5) is 6.90. The topological polar surface area (TPSA) is 48.9 Å². The van der Waals surface area contributed by atoms with Crippen molar-refractivity contribution in [2.75, 3.05) is 33.8 Å². The van der Waals surface area contributed by atoms with Crippen molar-refractivity contribution in [1.29, 1.82) is 0 Å². The predicted octanol–water partition coefficient (Wildman–Crippen LogP) is 3.13. The van der Waals surface area contributed by atoms with Crippen LogP contribution in [0.2, 0.25) is 5.02 Å². The van der Waals surface area contributed by atoms with Crippen molar-refractivity contribution < 1.29 is 4.74 Å². The molecule has 1 heterocycles. The van der Waals surface area contributed by atoms with Gasteiger partial charge in [0, 0.05) is 49.9 Å². The van der Waals surface area contributed by atoms with Gasteiger partial charge in [0.1, 0.15) is 5.75 Å². The molecule has 0 aliphatic carbocycles. The number of halogens is 1. The van der Waals surface area contributed by atoms with E-state index in [2.05, 4.69) is 34.4 Å². The molecular weight excluding hydrogens is 336 g/mol. The number of piperidine rings is 1. The van der Waals surface area contributed by atoms with Gasteiger partial charge in [0.05, 0.1) is 7.11 Å². The molecule has 2 N–H and O–H groups in total. The monoisotopic (exact) mass is 366 g/mol. The van der Waals surface area contributed by atoms with Crippen LogP contribution in [0.1, 0.15) is 32.3 Å². The highest BCUT2D eigenvalue weighted by molar-refractivity contribution is 6.30. The Hall–Kier alpha value is -1.46. The molecular formula is C19H31ClN4O. The highest BCUT2D eigenvalue weighted by Gasteiger charge is 2.20. The summed E-state index contributed by atoms with van der Waals surface area (Å²) < 4.78 is 5.40. The Morgan fingerprint density at radius 3 is 2.68 bits per heavy atom. The molecule has 1 aromatic rings. The van der Waals surface area contributed by atoms with Gasteiger partial charge in [0.15, 0.2) is 5.96 Å². The highest BCUT2D eigenvalue weighted by atomic mass is 35.5. The first-order valence-corrected chi connectivity index (χ1v) is 9.41. The van der Waals surface area contributed by atoms with Gasteiger partial charge >= 0.3 is 0 Å². The number of aliphatic imine (C=N–C) groups is 1. The maximum Gasteiger partial charge on any atom is 0.191 e. The number of benzene rings is 1. The molecule has 6 heteroatoms. The summed E-state index contributed by atoms with van der Waals surface area (Å²) in [5.41, 5.74) is 1.06. The van der Waals surface area contributed by atoms with Crippen molar-refractivity contribution in [3.8, 4) is 5.75 Å². The van der Waals surface area contributed by atoms with E-state index in [1.54, 1.807) is 7.11 Å². The first kappa shape index (κ1) is 19.9. The Balaban J connectivity index is 1.82. The number of nitrogens with zero attached hydrogens (tertiary/aromatic N) is 2. The Labute approximate surface area is 156 Å². The van der Waals surface area contributed by atoms with Gasteiger partial charge in [-0.25, -0.2) is 0 Å². The van der Waals surface area contributed by atoms with Crippen LogP contribution in [0.15, 0.2) is 23.2 Å². The van der Waals surface area contributed by atoms with Gasteiger partial charge in [-0.1, -0.05) is 31.5 Å². The molecule has 0 saturated carbocycles. The van der Waals surface area contributed by atoms with E-state index in [0.29, 0.717) is 17.6 Å². The number of methoxy groups -OCH3 is 1. The van der Waals surface area contributed by atoms with Gasteiger partial charge in [-0.2, -0.15) is 0 Å². The first-order valence-electron chi connectivity index (χ1n) is 9.03. The molecule has 1 aliphatic rings. The summed E-state index contributed by atoms with van der Waals surface area (Å²) in [6.45, 7) is 8.69. The number of guanidine groups is 1. The van der Waals surface area contributed by atoms with E-state index >= 15 is 0 Å². The second-order valence-corrected chi connectivity index (χ2v) is 7.43. The van der Waals surface area contributed by atoms with Crippen molar-refractivity contribution in [2.24, 2.45) is 10.9 Å². The summed E-state index contributed by atoms with van der Waals surface area (Å²) in [6, 6.07) is 6.16. The molecule has 5 nitrogen and oxygen atoms in total. The Morgan fingerprint density at radius 1 is 1.36 bits per heavy atom. The standard InChI is InChI=1S/C19H31ClN4O/c1-14(2)13-24-9-7-17(8-10-24)23-19(21-3)22-12-15-5-6-16(20)11-18(15)25-4/h5-6,11,14,17H,7-10,12-13H2,1-4H3,(H2,21,22,23). The van der Waals surface area contributed by atoms with E-state index in [1.807, 2.05) is 25.2 Å². The zero-order valence-electron chi connectivity index (χ0n) is 15.8. The van der Waals surface area contributed by atoms with Crippen molar-refractivity contribution in [3.05, 3.63) is 28.8 Å². The highest BCUT2D eigenvalue weighted by Crippen LogP contribution is 2.22. The number of rotatable bonds is 6. The second-order valence-electron chi connectivity index (χ2n) is 7.00. The average molecular weight is 367 g/mol. The smallest absolute Gasteiger partial charge is 0.191 e. The normalized spacial score (nSPS) is 17.0. The van der Waals surface area contributed by atoms with E-state index in [9.17, 15) is 0 Å². The number of nitrogens with one attached hydrogen (secondary N) is 2. The van der Waals surface area contributed by atoms with Crippen LogP contribution >= 0.6 is 11.6 Å². The van der Waals surface area contributed by atoms with Gasteiger partial charge in [-0.05, 0) is 30.9 Å². The Kier molecular flexibility index (Phi) is 7.85. The van der Waals surface area contributed by atoms with Gasteiger partial charge in [0.2, 0.25) is 0 Å². The van der Waals surface area contributed by atoms with E-state index in [0.717, 1.165) is 49.1 Å². The molecule has 0 aromatic heterocycles. The van der Waals surface area contributed by atoms with Gasteiger partial charge in [-0.3, -0.25) is 4.99 Å². The fourth-order valence-corrected chi connectivity index (χ4v) is 3.37. The van der Waals surface area contributed by atoms with Crippen LogP contribution in [0.5, 0.6) is 5.75 Å². The van der Waals surface area contributed by atoms with E-state index in [4.69, 9.17) is 16.3 Å². The van der Waals surface area contributed by atoms with Crippen LogP contribution in [0.4, 0.5) is 0 Å². The molecule has 1 fully saturated rings. The van der Waals surface area contributed by atoms with Crippen LogP contribution in [0.25, 0.3) is 0 Å². The summed E-state index contributed by atoms with van der Waals surface area (Å²) in [5, 5.41) is 7.59. The molecule has 0 radical (unpaired) electrons.